The molecule has 0 radical (unpaired) electrons. The van der Waals surface area contributed by atoms with Crippen molar-refractivity contribution in [1.82, 2.24) is 0 Å². The first-order valence-corrected chi connectivity index (χ1v) is 7.93. The van der Waals surface area contributed by atoms with Gasteiger partial charge in [0.2, 0.25) is 5.91 Å². The van der Waals surface area contributed by atoms with Gasteiger partial charge >= 0.3 is 0 Å². The molecule has 0 bridgehead atoms. The molecule has 0 unspecified atom stereocenters. The molecule has 110 valence electrons. The van der Waals surface area contributed by atoms with Crippen molar-refractivity contribution in [2.45, 2.75) is 24.7 Å². The van der Waals surface area contributed by atoms with Crippen LogP contribution in [0.4, 0.5) is 10.1 Å². The first-order chi connectivity index (χ1) is 10.2. The summed E-state index contributed by atoms with van der Waals surface area (Å²) in [6.07, 6.45) is 0.992. The summed E-state index contributed by atoms with van der Waals surface area (Å²) in [5.74, 6) is 0.680. The van der Waals surface area contributed by atoms with Gasteiger partial charge in [0.25, 0.3) is 0 Å². The summed E-state index contributed by atoms with van der Waals surface area (Å²) < 4.78 is 12.8. The third-order valence-corrected chi connectivity index (χ3v) is 3.97. The van der Waals surface area contributed by atoms with E-state index in [1.165, 1.54) is 12.1 Å². The summed E-state index contributed by atoms with van der Waals surface area (Å²) in [5, 5.41) is 2.94. The molecule has 0 spiro atoms. The Morgan fingerprint density at radius 2 is 1.86 bits per heavy atom. The number of rotatable bonds is 6. The lowest BCUT2D eigenvalue weighted by molar-refractivity contribution is -0.116. The Kier molecular flexibility index (Phi) is 5.81. The zero-order valence-electron chi connectivity index (χ0n) is 11.9. The number of benzene rings is 2. The number of amides is 1. The van der Waals surface area contributed by atoms with Crippen LogP contribution in [0.15, 0.2) is 53.4 Å². The van der Waals surface area contributed by atoms with Crippen LogP contribution in [0.25, 0.3) is 0 Å². The Bertz CT molecular complexity index is 598. The van der Waals surface area contributed by atoms with E-state index in [4.69, 9.17) is 0 Å². The Morgan fingerprint density at radius 3 is 2.57 bits per heavy atom. The average molecular weight is 303 g/mol. The van der Waals surface area contributed by atoms with Gasteiger partial charge < -0.3 is 5.32 Å². The Morgan fingerprint density at radius 1 is 1.14 bits per heavy atom. The second-order valence-electron chi connectivity index (χ2n) is 4.60. The van der Waals surface area contributed by atoms with Gasteiger partial charge in [-0.3, -0.25) is 4.79 Å². The van der Waals surface area contributed by atoms with Crippen LogP contribution in [-0.2, 0) is 11.2 Å². The Hall–Kier alpha value is -1.81. The molecule has 0 fully saturated rings. The molecule has 0 aliphatic heterocycles. The largest absolute Gasteiger partial charge is 0.325 e. The third kappa shape index (κ3) is 4.90. The van der Waals surface area contributed by atoms with Crippen molar-refractivity contribution in [2.24, 2.45) is 0 Å². The number of anilines is 1. The monoisotopic (exact) mass is 303 g/mol. The molecule has 0 atom stereocenters. The average Bonchev–Trinajstić information content (AvgIpc) is 2.49. The minimum absolute atomic E-state index is 0.0246. The first kappa shape index (κ1) is 15.6. The van der Waals surface area contributed by atoms with Crippen LogP contribution in [0, 0.1) is 5.82 Å². The maximum atomic E-state index is 12.8. The van der Waals surface area contributed by atoms with E-state index in [-0.39, 0.29) is 11.7 Å². The van der Waals surface area contributed by atoms with Gasteiger partial charge in [-0.2, -0.15) is 0 Å². The highest BCUT2D eigenvalue weighted by molar-refractivity contribution is 7.99. The topological polar surface area (TPSA) is 29.1 Å². The lowest BCUT2D eigenvalue weighted by atomic mass is 10.1. The third-order valence-electron chi connectivity index (χ3n) is 3.01. The predicted molar refractivity (Wildman–Crippen MR) is 86.2 cm³/mol. The van der Waals surface area contributed by atoms with Crippen LogP contribution in [0.1, 0.15) is 18.9 Å². The molecule has 0 aliphatic rings. The van der Waals surface area contributed by atoms with Crippen molar-refractivity contribution in [1.29, 1.82) is 0 Å². The van der Waals surface area contributed by atoms with Crippen LogP contribution >= 0.6 is 11.8 Å². The molecule has 0 saturated carbocycles. The van der Waals surface area contributed by atoms with E-state index >= 15 is 0 Å². The van der Waals surface area contributed by atoms with Crippen LogP contribution in [0.5, 0.6) is 0 Å². The van der Waals surface area contributed by atoms with Crippen molar-refractivity contribution in [3.05, 3.63) is 59.9 Å². The van der Waals surface area contributed by atoms with E-state index in [9.17, 15) is 9.18 Å². The summed E-state index contributed by atoms with van der Waals surface area (Å²) >= 11 is 1.70. The fraction of sp³-hybridized carbons (Fsp3) is 0.235. The molecule has 0 aliphatic carbocycles. The molecule has 1 N–H and O–H groups in total. The van der Waals surface area contributed by atoms with E-state index in [1.807, 2.05) is 24.3 Å². The fourth-order valence-electron chi connectivity index (χ4n) is 1.97. The van der Waals surface area contributed by atoms with Gasteiger partial charge in [-0.25, -0.2) is 4.39 Å². The van der Waals surface area contributed by atoms with Gasteiger partial charge in [0.15, 0.2) is 0 Å². The van der Waals surface area contributed by atoms with Gasteiger partial charge in [-0.1, -0.05) is 31.2 Å². The summed E-state index contributed by atoms with van der Waals surface area (Å²) in [7, 11) is 0. The standard InChI is InChI=1S/C17H18FNOS/c1-2-21-16-6-4-3-5-15(16)19-17(20)12-9-13-7-10-14(18)11-8-13/h3-8,10-11H,2,9,12H2,1H3,(H,19,20). The molecule has 1 amide bonds. The zero-order valence-corrected chi connectivity index (χ0v) is 12.8. The summed E-state index contributed by atoms with van der Waals surface area (Å²) in [6, 6.07) is 14.0. The number of carbonyl (C=O) groups is 1. The number of thioether (sulfide) groups is 1. The fourth-order valence-corrected chi connectivity index (χ4v) is 2.73. The highest BCUT2D eigenvalue weighted by Crippen LogP contribution is 2.26. The van der Waals surface area contributed by atoms with Crippen molar-refractivity contribution in [3.63, 3.8) is 0 Å². The number of hydrogen-bond donors (Lipinski definition) is 1. The van der Waals surface area contributed by atoms with Gasteiger partial charge in [-0.15, -0.1) is 11.8 Å². The highest BCUT2D eigenvalue weighted by atomic mass is 32.2. The number of carbonyl (C=O) groups excluding carboxylic acids is 1. The molecule has 0 saturated heterocycles. The second-order valence-corrected chi connectivity index (χ2v) is 5.91. The molecule has 0 heterocycles. The smallest absolute Gasteiger partial charge is 0.224 e. The normalized spacial score (nSPS) is 10.4. The molecule has 2 aromatic carbocycles. The van der Waals surface area contributed by atoms with Gasteiger partial charge in [0.05, 0.1) is 5.69 Å². The summed E-state index contributed by atoms with van der Waals surface area (Å²) in [4.78, 5) is 13.1. The number of nitrogens with one attached hydrogen (secondary N) is 1. The number of para-hydroxylation sites is 1. The number of hydrogen-bond acceptors (Lipinski definition) is 2. The lowest BCUT2D eigenvalue weighted by Gasteiger charge is -2.10. The lowest BCUT2D eigenvalue weighted by Crippen LogP contribution is -2.13. The molecule has 21 heavy (non-hydrogen) atoms. The molecule has 0 aromatic heterocycles. The van der Waals surface area contributed by atoms with Crippen LogP contribution in [-0.4, -0.2) is 11.7 Å². The molecular weight excluding hydrogens is 285 g/mol. The quantitative estimate of drug-likeness (QED) is 0.796. The molecule has 4 heteroatoms. The van der Waals surface area contributed by atoms with Crippen molar-refractivity contribution in [3.8, 4) is 0 Å². The van der Waals surface area contributed by atoms with Crippen molar-refractivity contribution in [2.75, 3.05) is 11.1 Å². The van der Waals surface area contributed by atoms with Crippen LogP contribution in [0.3, 0.4) is 0 Å². The van der Waals surface area contributed by atoms with E-state index in [0.717, 1.165) is 21.9 Å². The number of halogens is 1. The minimum atomic E-state index is -0.256. The van der Waals surface area contributed by atoms with E-state index in [2.05, 4.69) is 12.2 Å². The maximum Gasteiger partial charge on any atom is 0.224 e. The van der Waals surface area contributed by atoms with E-state index < -0.39 is 0 Å². The Balaban J connectivity index is 1.91. The maximum absolute atomic E-state index is 12.8. The molecule has 2 nitrogen and oxygen atoms in total. The predicted octanol–water partition coefficient (Wildman–Crippen LogP) is 4.51. The Labute approximate surface area is 128 Å². The van der Waals surface area contributed by atoms with Gasteiger partial charge in [0, 0.05) is 11.3 Å². The summed E-state index contributed by atoms with van der Waals surface area (Å²) in [6.45, 7) is 2.08. The minimum Gasteiger partial charge on any atom is -0.325 e. The van der Waals surface area contributed by atoms with Gasteiger partial charge in [0.1, 0.15) is 5.82 Å². The van der Waals surface area contributed by atoms with Crippen molar-refractivity contribution < 1.29 is 9.18 Å². The van der Waals surface area contributed by atoms with Crippen molar-refractivity contribution >= 4 is 23.4 Å². The molecular formula is C17H18FNOS. The molecule has 2 aromatic rings. The number of aryl methyl sites for hydroxylation is 1. The second kappa shape index (κ2) is 7.84. The van der Waals surface area contributed by atoms with E-state index in [0.29, 0.717) is 12.8 Å². The highest BCUT2D eigenvalue weighted by Gasteiger charge is 2.07. The van der Waals surface area contributed by atoms with E-state index in [1.54, 1.807) is 23.9 Å². The first-order valence-electron chi connectivity index (χ1n) is 6.95. The zero-order chi connectivity index (χ0) is 15.1. The summed E-state index contributed by atoms with van der Waals surface area (Å²) in [5.41, 5.74) is 1.82. The van der Waals surface area contributed by atoms with Crippen LogP contribution in [0.2, 0.25) is 0 Å². The SMILES string of the molecule is CCSc1ccccc1NC(=O)CCc1ccc(F)cc1. The van der Waals surface area contributed by atoms with Crippen LogP contribution < -0.4 is 5.32 Å². The van der Waals surface area contributed by atoms with Gasteiger partial charge in [-0.05, 0) is 42.0 Å². The molecule has 2 rings (SSSR count).